The van der Waals surface area contributed by atoms with E-state index in [4.69, 9.17) is 0 Å². The Morgan fingerprint density at radius 1 is 1.24 bits per heavy atom. The van der Waals surface area contributed by atoms with Crippen molar-refractivity contribution in [2.45, 2.75) is 63.1 Å². The fraction of sp³-hybridized carbons (Fsp3) is 0.625. The van der Waals surface area contributed by atoms with Crippen LogP contribution in [0, 0.1) is 0 Å². The summed E-state index contributed by atoms with van der Waals surface area (Å²) in [6.45, 7) is 6.04. The number of benzene rings is 1. The summed E-state index contributed by atoms with van der Waals surface area (Å²) in [4.78, 5) is 0.405. The standard InChI is InChI=1S/C16H26N2O2S/c1-12-7-5-8-13(2)18(12)21(19,20)16-10-6-9-15(11-16)14(3)17-4/h6,9-14,17H,5,7-8H2,1-4H3/t12-,13+,14?. The minimum atomic E-state index is -3.42. The first-order valence-corrected chi connectivity index (χ1v) is 9.12. The van der Waals surface area contributed by atoms with E-state index in [1.807, 2.05) is 40.0 Å². The lowest BCUT2D eigenvalue weighted by Gasteiger charge is -2.37. The average molecular weight is 310 g/mol. The van der Waals surface area contributed by atoms with Gasteiger partial charge in [-0.15, -0.1) is 0 Å². The molecule has 1 fully saturated rings. The molecule has 2 rings (SSSR count). The summed E-state index contributed by atoms with van der Waals surface area (Å²) in [5.41, 5.74) is 0.996. The Kier molecular flexibility index (Phi) is 5.07. The molecule has 0 saturated carbocycles. The van der Waals surface area contributed by atoms with Crippen LogP contribution in [-0.4, -0.2) is 31.9 Å². The van der Waals surface area contributed by atoms with Crippen molar-refractivity contribution in [2.75, 3.05) is 7.05 Å². The molecule has 1 unspecified atom stereocenters. The zero-order valence-electron chi connectivity index (χ0n) is 13.3. The van der Waals surface area contributed by atoms with Gasteiger partial charge in [0, 0.05) is 18.1 Å². The molecule has 1 aromatic carbocycles. The van der Waals surface area contributed by atoms with Gasteiger partial charge in [-0.1, -0.05) is 18.6 Å². The molecular formula is C16H26N2O2S. The molecule has 1 aliphatic rings. The first kappa shape index (κ1) is 16.5. The third kappa shape index (κ3) is 3.30. The fourth-order valence-electron chi connectivity index (χ4n) is 3.10. The molecule has 1 N–H and O–H groups in total. The van der Waals surface area contributed by atoms with Crippen molar-refractivity contribution < 1.29 is 8.42 Å². The highest BCUT2D eigenvalue weighted by atomic mass is 32.2. The van der Waals surface area contributed by atoms with E-state index in [0.717, 1.165) is 24.8 Å². The van der Waals surface area contributed by atoms with Gasteiger partial charge >= 0.3 is 0 Å². The fourth-order valence-corrected chi connectivity index (χ4v) is 5.04. The van der Waals surface area contributed by atoms with Crippen molar-refractivity contribution in [3.8, 4) is 0 Å². The Bertz CT molecular complexity index is 576. The normalized spacial score (nSPS) is 25.7. The summed E-state index contributed by atoms with van der Waals surface area (Å²) in [5.74, 6) is 0. The van der Waals surface area contributed by atoms with E-state index in [9.17, 15) is 8.42 Å². The Hall–Kier alpha value is -0.910. The van der Waals surface area contributed by atoms with E-state index in [2.05, 4.69) is 5.32 Å². The van der Waals surface area contributed by atoms with Crippen molar-refractivity contribution in [3.63, 3.8) is 0 Å². The Labute approximate surface area is 128 Å². The van der Waals surface area contributed by atoms with Crippen LogP contribution in [0.4, 0.5) is 0 Å². The monoisotopic (exact) mass is 310 g/mol. The number of nitrogens with zero attached hydrogens (tertiary/aromatic N) is 1. The number of sulfonamides is 1. The maximum Gasteiger partial charge on any atom is 0.243 e. The number of hydrogen-bond donors (Lipinski definition) is 1. The number of piperidine rings is 1. The second kappa shape index (κ2) is 6.46. The van der Waals surface area contributed by atoms with Crippen LogP contribution in [0.15, 0.2) is 29.2 Å². The highest BCUT2D eigenvalue weighted by Crippen LogP contribution is 2.30. The minimum absolute atomic E-state index is 0.0733. The molecule has 21 heavy (non-hydrogen) atoms. The molecule has 4 nitrogen and oxygen atoms in total. The smallest absolute Gasteiger partial charge is 0.243 e. The SMILES string of the molecule is CNC(C)c1cccc(S(=O)(=O)N2[C@H](C)CCC[C@@H]2C)c1. The first-order valence-electron chi connectivity index (χ1n) is 7.68. The molecule has 1 aromatic rings. The van der Waals surface area contributed by atoms with Gasteiger partial charge in [0.2, 0.25) is 10.0 Å². The van der Waals surface area contributed by atoms with Gasteiger partial charge in [0.05, 0.1) is 4.90 Å². The molecule has 0 bridgehead atoms. The van der Waals surface area contributed by atoms with Crippen molar-refractivity contribution >= 4 is 10.0 Å². The summed E-state index contributed by atoms with van der Waals surface area (Å²) in [6, 6.07) is 7.57. The molecule has 0 aliphatic carbocycles. The second-order valence-corrected chi connectivity index (χ2v) is 7.89. The molecule has 3 atom stereocenters. The van der Waals surface area contributed by atoms with Crippen LogP contribution in [0.25, 0.3) is 0 Å². The molecule has 5 heteroatoms. The third-order valence-electron chi connectivity index (χ3n) is 4.48. The van der Waals surface area contributed by atoms with E-state index in [-0.39, 0.29) is 18.1 Å². The highest BCUT2D eigenvalue weighted by molar-refractivity contribution is 7.89. The van der Waals surface area contributed by atoms with Crippen LogP contribution in [0.2, 0.25) is 0 Å². The summed E-state index contributed by atoms with van der Waals surface area (Å²) >= 11 is 0. The van der Waals surface area contributed by atoms with Crippen molar-refractivity contribution in [1.82, 2.24) is 9.62 Å². The zero-order valence-corrected chi connectivity index (χ0v) is 14.2. The van der Waals surface area contributed by atoms with Gasteiger partial charge in [-0.25, -0.2) is 8.42 Å². The molecule has 0 amide bonds. The molecule has 1 aliphatic heterocycles. The lowest BCUT2D eigenvalue weighted by molar-refractivity contribution is 0.204. The summed E-state index contributed by atoms with van der Waals surface area (Å²) < 4.78 is 27.6. The van der Waals surface area contributed by atoms with E-state index in [1.54, 1.807) is 16.4 Å². The van der Waals surface area contributed by atoms with Crippen molar-refractivity contribution in [2.24, 2.45) is 0 Å². The van der Waals surface area contributed by atoms with E-state index in [1.165, 1.54) is 0 Å². The Balaban J connectivity index is 2.39. The van der Waals surface area contributed by atoms with Crippen molar-refractivity contribution in [3.05, 3.63) is 29.8 Å². The van der Waals surface area contributed by atoms with Crippen LogP contribution in [0.3, 0.4) is 0 Å². The lowest BCUT2D eigenvalue weighted by Crippen LogP contribution is -2.47. The molecule has 1 saturated heterocycles. The van der Waals surface area contributed by atoms with Crippen LogP contribution in [0.1, 0.15) is 51.6 Å². The lowest BCUT2D eigenvalue weighted by atomic mass is 10.0. The molecule has 1 heterocycles. The Morgan fingerprint density at radius 3 is 2.43 bits per heavy atom. The van der Waals surface area contributed by atoms with Gasteiger partial charge in [-0.05, 0) is 58.4 Å². The maximum atomic E-state index is 13.0. The van der Waals surface area contributed by atoms with Gasteiger partial charge in [0.15, 0.2) is 0 Å². The zero-order chi connectivity index (χ0) is 15.6. The quantitative estimate of drug-likeness (QED) is 0.930. The Morgan fingerprint density at radius 2 is 1.86 bits per heavy atom. The van der Waals surface area contributed by atoms with Gasteiger partial charge in [-0.3, -0.25) is 0 Å². The minimum Gasteiger partial charge on any atom is -0.313 e. The van der Waals surface area contributed by atoms with Gasteiger partial charge < -0.3 is 5.32 Å². The summed E-state index contributed by atoms with van der Waals surface area (Å²) in [7, 11) is -1.54. The summed E-state index contributed by atoms with van der Waals surface area (Å²) in [6.07, 6.45) is 2.98. The van der Waals surface area contributed by atoms with Gasteiger partial charge in [0.1, 0.15) is 0 Å². The molecule has 118 valence electrons. The first-order chi connectivity index (χ1) is 9.87. The van der Waals surface area contributed by atoms with Crippen molar-refractivity contribution in [1.29, 1.82) is 0 Å². The summed E-state index contributed by atoms with van der Waals surface area (Å²) in [5, 5.41) is 3.15. The second-order valence-electron chi connectivity index (χ2n) is 6.05. The average Bonchev–Trinajstić information content (AvgIpc) is 2.46. The largest absolute Gasteiger partial charge is 0.313 e. The van der Waals surface area contributed by atoms with Crippen LogP contribution in [-0.2, 0) is 10.0 Å². The topological polar surface area (TPSA) is 49.4 Å². The molecule has 0 aromatic heterocycles. The number of rotatable bonds is 4. The predicted octanol–water partition coefficient (Wildman–Crippen LogP) is 2.92. The van der Waals surface area contributed by atoms with Gasteiger partial charge in [0.25, 0.3) is 0 Å². The van der Waals surface area contributed by atoms with E-state index < -0.39 is 10.0 Å². The number of hydrogen-bond acceptors (Lipinski definition) is 3. The highest BCUT2D eigenvalue weighted by Gasteiger charge is 2.35. The number of nitrogens with one attached hydrogen (secondary N) is 1. The van der Waals surface area contributed by atoms with Crippen LogP contribution >= 0.6 is 0 Å². The molecular weight excluding hydrogens is 284 g/mol. The third-order valence-corrected chi connectivity index (χ3v) is 6.60. The van der Waals surface area contributed by atoms with E-state index >= 15 is 0 Å². The van der Waals surface area contributed by atoms with Crippen LogP contribution < -0.4 is 5.32 Å². The predicted molar refractivity (Wildman–Crippen MR) is 85.7 cm³/mol. The molecule has 0 spiro atoms. The van der Waals surface area contributed by atoms with E-state index in [0.29, 0.717) is 4.90 Å². The van der Waals surface area contributed by atoms with Crippen LogP contribution in [0.5, 0.6) is 0 Å². The maximum absolute atomic E-state index is 13.0. The van der Waals surface area contributed by atoms with Gasteiger partial charge in [-0.2, -0.15) is 4.31 Å². The molecule has 0 radical (unpaired) electrons.